The minimum absolute atomic E-state index is 0.0153. The Labute approximate surface area is 143 Å². The number of ether oxygens (including phenoxy) is 2. The molecule has 0 N–H and O–H groups in total. The molecule has 1 amide bonds. The van der Waals surface area contributed by atoms with E-state index >= 15 is 0 Å². The van der Waals surface area contributed by atoms with Crippen LogP contribution in [0.4, 0.5) is 8.78 Å². The minimum atomic E-state index is -2.92. The molecule has 0 fully saturated rings. The van der Waals surface area contributed by atoms with Gasteiger partial charge in [0, 0.05) is 18.5 Å². The van der Waals surface area contributed by atoms with Crippen molar-refractivity contribution in [2.24, 2.45) is 0 Å². The smallest absolute Gasteiger partial charge is 0.387 e. The van der Waals surface area contributed by atoms with E-state index in [2.05, 4.69) is 4.74 Å². The lowest BCUT2D eigenvalue weighted by Gasteiger charge is -2.18. The number of nitrogens with zero attached hydrogens (tertiary/aromatic N) is 1. The highest BCUT2D eigenvalue weighted by molar-refractivity contribution is 7.13. The summed E-state index contributed by atoms with van der Waals surface area (Å²) in [5, 5.41) is 0. The predicted octanol–water partition coefficient (Wildman–Crippen LogP) is 4.33. The van der Waals surface area contributed by atoms with Crippen LogP contribution in [-0.4, -0.2) is 31.1 Å². The Bertz CT molecular complexity index is 703. The lowest BCUT2D eigenvalue weighted by atomic mass is 10.2. The fraction of sp³-hybridized carbons (Fsp3) is 0.353. The molecule has 0 bridgehead atoms. The van der Waals surface area contributed by atoms with Crippen LogP contribution < -0.4 is 9.47 Å². The van der Waals surface area contributed by atoms with Crippen LogP contribution in [-0.2, 0) is 6.54 Å². The number of carbonyl (C=O) groups is 1. The molecule has 130 valence electrons. The lowest BCUT2D eigenvalue weighted by molar-refractivity contribution is -0.0514. The number of carbonyl (C=O) groups excluding carboxylic acids is 1. The molecule has 2 aromatic rings. The second kappa shape index (κ2) is 8.10. The van der Waals surface area contributed by atoms with Gasteiger partial charge in [0.1, 0.15) is 0 Å². The third kappa shape index (κ3) is 4.67. The van der Waals surface area contributed by atoms with E-state index in [-0.39, 0.29) is 17.4 Å². The number of thiophene rings is 1. The summed E-state index contributed by atoms with van der Waals surface area (Å²) in [7, 11) is 1.70. The van der Waals surface area contributed by atoms with Crippen molar-refractivity contribution in [3.8, 4) is 11.5 Å². The van der Waals surface area contributed by atoms with E-state index in [1.165, 1.54) is 17.4 Å². The zero-order chi connectivity index (χ0) is 17.7. The summed E-state index contributed by atoms with van der Waals surface area (Å²) < 4.78 is 34.6. The van der Waals surface area contributed by atoms with Crippen LogP contribution >= 0.6 is 11.3 Å². The van der Waals surface area contributed by atoms with Crippen LogP contribution in [0.25, 0.3) is 0 Å². The number of benzene rings is 1. The molecule has 0 spiro atoms. The van der Waals surface area contributed by atoms with Gasteiger partial charge in [-0.25, -0.2) is 0 Å². The second-order valence-corrected chi connectivity index (χ2v) is 6.45. The number of aryl methyl sites for hydroxylation is 1. The summed E-state index contributed by atoms with van der Waals surface area (Å²) in [4.78, 5) is 15.7. The standard InChI is InChI=1S/C17H19F2NO3S/c1-4-22-14-9-12(6-7-13(14)23-17(18)19)10-20(3)16(21)15-8-5-11(2)24-15/h5-9,17H,4,10H2,1-3H3. The van der Waals surface area contributed by atoms with Gasteiger partial charge in [0.15, 0.2) is 11.5 Å². The van der Waals surface area contributed by atoms with Crippen molar-refractivity contribution in [2.75, 3.05) is 13.7 Å². The maximum Gasteiger partial charge on any atom is 0.387 e. The summed E-state index contributed by atoms with van der Waals surface area (Å²) in [6.45, 7) is 1.45. The zero-order valence-electron chi connectivity index (χ0n) is 13.7. The van der Waals surface area contributed by atoms with E-state index in [0.29, 0.717) is 18.0 Å². The SMILES string of the molecule is CCOc1cc(CN(C)C(=O)c2ccc(C)s2)ccc1OC(F)F. The van der Waals surface area contributed by atoms with E-state index in [1.807, 2.05) is 13.0 Å². The Morgan fingerprint density at radius 1 is 1.25 bits per heavy atom. The Morgan fingerprint density at radius 2 is 2.00 bits per heavy atom. The van der Waals surface area contributed by atoms with Gasteiger partial charge >= 0.3 is 6.61 Å². The van der Waals surface area contributed by atoms with Crippen LogP contribution in [0.1, 0.15) is 27.0 Å². The fourth-order valence-corrected chi connectivity index (χ4v) is 3.06. The Balaban J connectivity index is 2.13. The van der Waals surface area contributed by atoms with E-state index in [4.69, 9.17) is 4.74 Å². The van der Waals surface area contributed by atoms with E-state index in [0.717, 1.165) is 10.4 Å². The average molecular weight is 355 g/mol. The van der Waals surface area contributed by atoms with E-state index in [1.54, 1.807) is 37.1 Å². The average Bonchev–Trinajstić information content (AvgIpc) is 2.95. The second-order valence-electron chi connectivity index (χ2n) is 5.16. The van der Waals surface area contributed by atoms with Crippen LogP contribution in [0.3, 0.4) is 0 Å². The van der Waals surface area contributed by atoms with Crippen LogP contribution in [0, 0.1) is 6.92 Å². The Morgan fingerprint density at radius 3 is 2.58 bits per heavy atom. The quantitative estimate of drug-likeness (QED) is 0.742. The molecule has 0 saturated heterocycles. The highest BCUT2D eigenvalue weighted by Crippen LogP contribution is 2.30. The molecule has 1 aromatic heterocycles. The molecular formula is C17H19F2NO3S. The van der Waals surface area contributed by atoms with Gasteiger partial charge in [-0.2, -0.15) is 8.78 Å². The molecule has 1 aromatic carbocycles. The molecule has 0 radical (unpaired) electrons. The zero-order valence-corrected chi connectivity index (χ0v) is 14.5. The summed E-state index contributed by atoms with van der Waals surface area (Å²) in [6.07, 6.45) is 0. The van der Waals surface area contributed by atoms with Crippen molar-refractivity contribution in [1.29, 1.82) is 0 Å². The van der Waals surface area contributed by atoms with Crippen molar-refractivity contribution in [2.45, 2.75) is 27.0 Å². The lowest BCUT2D eigenvalue weighted by Crippen LogP contribution is -2.25. The topological polar surface area (TPSA) is 38.8 Å². The summed E-state index contributed by atoms with van der Waals surface area (Å²) >= 11 is 1.44. The summed E-state index contributed by atoms with van der Waals surface area (Å²) in [5.41, 5.74) is 0.768. The number of halogens is 2. The largest absolute Gasteiger partial charge is 0.490 e. The minimum Gasteiger partial charge on any atom is -0.490 e. The third-order valence-corrected chi connectivity index (χ3v) is 4.23. The molecule has 0 saturated carbocycles. The number of alkyl halides is 2. The molecule has 0 aliphatic carbocycles. The van der Waals surface area contributed by atoms with Gasteiger partial charge in [-0.05, 0) is 43.7 Å². The first-order valence-electron chi connectivity index (χ1n) is 7.43. The van der Waals surface area contributed by atoms with Crippen LogP contribution in [0.15, 0.2) is 30.3 Å². The van der Waals surface area contributed by atoms with Crippen molar-refractivity contribution in [1.82, 2.24) is 4.90 Å². The number of rotatable bonds is 7. The molecular weight excluding hydrogens is 336 g/mol. The van der Waals surface area contributed by atoms with Crippen molar-refractivity contribution >= 4 is 17.2 Å². The highest BCUT2D eigenvalue weighted by atomic mass is 32.1. The first-order chi connectivity index (χ1) is 11.4. The van der Waals surface area contributed by atoms with Gasteiger partial charge in [-0.1, -0.05) is 6.07 Å². The van der Waals surface area contributed by atoms with Gasteiger partial charge in [-0.15, -0.1) is 11.3 Å². The van der Waals surface area contributed by atoms with Gasteiger partial charge in [0.2, 0.25) is 0 Å². The molecule has 0 unspecified atom stereocenters. The molecule has 4 nitrogen and oxygen atoms in total. The maximum absolute atomic E-state index is 12.4. The van der Waals surface area contributed by atoms with Gasteiger partial charge in [0.05, 0.1) is 11.5 Å². The Hall–Kier alpha value is -2.15. The van der Waals surface area contributed by atoms with Gasteiger partial charge < -0.3 is 14.4 Å². The normalized spacial score (nSPS) is 10.8. The van der Waals surface area contributed by atoms with Crippen molar-refractivity contribution < 1.29 is 23.0 Å². The van der Waals surface area contributed by atoms with E-state index in [9.17, 15) is 13.6 Å². The summed E-state index contributed by atoms with van der Waals surface area (Å²) in [6, 6.07) is 8.38. The molecule has 0 atom stereocenters. The molecule has 0 aliphatic heterocycles. The maximum atomic E-state index is 12.4. The first-order valence-corrected chi connectivity index (χ1v) is 8.24. The number of hydrogen-bond acceptors (Lipinski definition) is 4. The molecule has 2 rings (SSSR count). The predicted molar refractivity (Wildman–Crippen MR) is 89.1 cm³/mol. The monoisotopic (exact) mass is 355 g/mol. The van der Waals surface area contributed by atoms with Crippen LogP contribution in [0.5, 0.6) is 11.5 Å². The van der Waals surface area contributed by atoms with Crippen molar-refractivity contribution in [3.05, 3.63) is 45.6 Å². The van der Waals surface area contributed by atoms with E-state index < -0.39 is 6.61 Å². The molecule has 1 heterocycles. The highest BCUT2D eigenvalue weighted by Gasteiger charge is 2.16. The Kier molecular flexibility index (Phi) is 6.14. The fourth-order valence-electron chi connectivity index (χ4n) is 2.20. The molecule has 24 heavy (non-hydrogen) atoms. The molecule has 7 heteroatoms. The third-order valence-electron chi connectivity index (χ3n) is 3.24. The van der Waals surface area contributed by atoms with Gasteiger partial charge in [0.25, 0.3) is 5.91 Å². The van der Waals surface area contributed by atoms with Crippen LogP contribution in [0.2, 0.25) is 0 Å². The number of amides is 1. The van der Waals surface area contributed by atoms with Gasteiger partial charge in [-0.3, -0.25) is 4.79 Å². The molecule has 0 aliphatic rings. The first kappa shape index (κ1) is 18.2. The van der Waals surface area contributed by atoms with Crippen molar-refractivity contribution in [3.63, 3.8) is 0 Å². The number of hydrogen-bond donors (Lipinski definition) is 0. The summed E-state index contributed by atoms with van der Waals surface area (Å²) in [5.74, 6) is 0.139.